The predicted octanol–water partition coefficient (Wildman–Crippen LogP) is 5.09. The van der Waals surface area contributed by atoms with Gasteiger partial charge in [-0.1, -0.05) is 67.8 Å². The number of ether oxygens (including phenoxy) is 1. The van der Waals surface area contributed by atoms with Crippen molar-refractivity contribution in [3.63, 3.8) is 0 Å². The van der Waals surface area contributed by atoms with Gasteiger partial charge in [0.05, 0.1) is 10.6 Å². The first-order chi connectivity index (χ1) is 18.0. The van der Waals surface area contributed by atoms with Crippen molar-refractivity contribution in [1.29, 1.82) is 0 Å². The topological polar surface area (TPSA) is 110 Å². The van der Waals surface area contributed by atoms with Gasteiger partial charge in [-0.3, -0.25) is 4.79 Å². The second-order valence-corrected chi connectivity index (χ2v) is 10.7. The van der Waals surface area contributed by atoms with E-state index in [1.165, 1.54) is 30.7 Å². The molecule has 0 aliphatic carbocycles. The zero-order valence-electron chi connectivity index (χ0n) is 20.9. The summed E-state index contributed by atoms with van der Waals surface area (Å²) in [5.41, 5.74) is 2.61. The summed E-state index contributed by atoms with van der Waals surface area (Å²) in [5, 5.41) is 3.30. The summed E-state index contributed by atoms with van der Waals surface area (Å²) in [6.45, 7) is 0.391. The molecular weight excluding hydrogens is 488 g/mol. The van der Waals surface area contributed by atoms with Gasteiger partial charge in [0.25, 0.3) is 10.0 Å². The molecule has 0 unspecified atom stereocenters. The van der Waals surface area contributed by atoms with Crippen molar-refractivity contribution in [2.45, 2.75) is 49.5 Å². The third kappa shape index (κ3) is 7.24. The Hall–Kier alpha value is -3.56. The maximum atomic E-state index is 13.1. The lowest BCUT2D eigenvalue weighted by Crippen LogP contribution is -2.31. The van der Waals surface area contributed by atoms with E-state index in [0.29, 0.717) is 18.6 Å². The summed E-state index contributed by atoms with van der Waals surface area (Å²) in [6, 6.07) is 15.5. The smallest absolute Gasteiger partial charge is 0.264 e. The first-order valence-electron chi connectivity index (χ1n) is 12.5. The lowest BCUT2D eigenvalue weighted by molar-refractivity contribution is 0.112. The highest BCUT2D eigenvalue weighted by atomic mass is 32.2. The molecule has 1 aliphatic heterocycles. The molecule has 9 heteroatoms. The second-order valence-electron chi connectivity index (χ2n) is 8.99. The fourth-order valence-electron chi connectivity index (χ4n) is 4.21. The number of likely N-dealkylation sites (N-methyl/N-ethyl adjacent to an activating group) is 1. The van der Waals surface area contributed by atoms with Gasteiger partial charge in [0.1, 0.15) is 12.9 Å². The Morgan fingerprint density at radius 1 is 1.00 bits per heavy atom. The highest BCUT2D eigenvalue weighted by Gasteiger charge is 2.19. The molecule has 2 bridgehead atoms. The molecule has 0 saturated carbocycles. The third-order valence-electron chi connectivity index (χ3n) is 6.28. The average molecular weight is 521 g/mol. The maximum Gasteiger partial charge on any atom is 0.264 e. The van der Waals surface area contributed by atoms with Gasteiger partial charge in [-0.2, -0.15) is 4.98 Å². The van der Waals surface area contributed by atoms with Crippen molar-refractivity contribution in [3.05, 3.63) is 71.8 Å². The van der Waals surface area contributed by atoms with E-state index in [1.54, 1.807) is 6.07 Å². The van der Waals surface area contributed by atoms with Crippen LogP contribution in [0.2, 0.25) is 0 Å². The molecule has 8 nitrogen and oxygen atoms in total. The fraction of sp³-hybridized carbons (Fsp3) is 0.321. The van der Waals surface area contributed by atoms with E-state index < -0.39 is 10.0 Å². The first kappa shape index (κ1) is 26.5. The monoisotopic (exact) mass is 520 g/mol. The molecule has 194 valence electrons. The molecular formula is C28H32N4O4S. The zero-order valence-corrected chi connectivity index (χ0v) is 21.7. The zero-order chi connectivity index (χ0) is 26.1. The molecule has 0 fully saturated rings. The summed E-state index contributed by atoms with van der Waals surface area (Å²) >= 11 is 0. The van der Waals surface area contributed by atoms with Crippen LogP contribution in [-0.2, 0) is 10.0 Å². The number of nitrogens with zero attached hydrogens (tertiary/aromatic N) is 2. The molecule has 1 atom stereocenters. The van der Waals surface area contributed by atoms with E-state index in [-0.39, 0.29) is 28.3 Å². The van der Waals surface area contributed by atoms with Crippen molar-refractivity contribution in [3.8, 4) is 17.1 Å². The number of hydrogen-bond donors (Lipinski definition) is 2. The molecule has 37 heavy (non-hydrogen) atoms. The lowest BCUT2D eigenvalue weighted by atomic mass is 10.0. The Morgan fingerprint density at radius 2 is 1.84 bits per heavy atom. The van der Waals surface area contributed by atoms with Gasteiger partial charge in [-0.15, -0.1) is 0 Å². The van der Waals surface area contributed by atoms with E-state index in [4.69, 9.17) is 4.74 Å². The number of benzene rings is 2. The van der Waals surface area contributed by atoms with Crippen molar-refractivity contribution in [2.75, 3.05) is 18.4 Å². The number of rotatable bonds is 5. The number of fused-ring (bicyclic) bond motifs is 4. The van der Waals surface area contributed by atoms with Crippen molar-refractivity contribution >= 4 is 28.3 Å². The minimum Gasteiger partial charge on any atom is -0.476 e. The largest absolute Gasteiger partial charge is 0.476 e. The van der Waals surface area contributed by atoms with Crippen molar-refractivity contribution in [2.24, 2.45) is 0 Å². The minimum absolute atomic E-state index is 0.0541. The summed E-state index contributed by atoms with van der Waals surface area (Å²) in [4.78, 5) is 20.0. The highest BCUT2D eigenvalue weighted by Crippen LogP contribution is 2.28. The molecule has 0 radical (unpaired) electrons. The Labute approximate surface area is 218 Å². The van der Waals surface area contributed by atoms with Gasteiger partial charge in [0.15, 0.2) is 0 Å². The molecule has 0 spiro atoms. The van der Waals surface area contributed by atoms with Gasteiger partial charge in [-0.25, -0.2) is 18.1 Å². The average Bonchev–Trinajstić information content (AvgIpc) is 2.91. The van der Waals surface area contributed by atoms with Crippen LogP contribution in [0.4, 0.5) is 5.95 Å². The number of aldehydes is 1. The standard InChI is InChI=1S/C28H32N4O4S/c1-29-23-14-7-5-3-2-4-6-12-22-13-8-9-16-25(22)26-18-27(36-20-23)31-28(30-26)32-37(34,35)24-15-10-11-21(17-24)19-33/h6,8-13,15-19,23,29H,2-5,7,14,20H2,1H3,(H,30,31,32)/b12-6+/t23-/m1/s1. The summed E-state index contributed by atoms with van der Waals surface area (Å²) in [6.07, 6.45) is 11.4. The fourth-order valence-corrected chi connectivity index (χ4v) is 5.20. The van der Waals surface area contributed by atoms with Crippen LogP contribution in [0.5, 0.6) is 5.88 Å². The van der Waals surface area contributed by atoms with Gasteiger partial charge < -0.3 is 10.1 Å². The van der Waals surface area contributed by atoms with E-state index in [1.807, 2.05) is 31.3 Å². The normalized spacial score (nSPS) is 17.7. The molecule has 1 aliphatic rings. The van der Waals surface area contributed by atoms with Crippen LogP contribution in [0.15, 0.2) is 65.6 Å². The maximum absolute atomic E-state index is 13.1. The van der Waals surface area contributed by atoms with Gasteiger partial charge in [-0.05, 0) is 44.0 Å². The number of hydrogen-bond acceptors (Lipinski definition) is 7. The van der Waals surface area contributed by atoms with Crippen LogP contribution in [0.25, 0.3) is 17.3 Å². The minimum atomic E-state index is -4.04. The molecule has 2 heterocycles. The van der Waals surface area contributed by atoms with Crippen LogP contribution < -0.4 is 14.8 Å². The summed E-state index contributed by atoms with van der Waals surface area (Å²) in [7, 11) is -2.13. The number of allylic oxidation sites excluding steroid dienone is 1. The number of carbonyl (C=O) groups is 1. The SMILES string of the molecule is CN[C@@H]1CCCCCC/C=C/c2ccccc2-c2cc(nc(NS(=O)(=O)c3cccc(C=O)c3)n2)OC1. The number of carbonyl (C=O) groups excluding carboxylic acids is 1. The molecule has 4 rings (SSSR count). The first-order valence-corrected chi connectivity index (χ1v) is 14.0. The third-order valence-corrected chi connectivity index (χ3v) is 7.61. The molecule has 0 amide bonds. The Balaban J connectivity index is 1.74. The van der Waals surface area contributed by atoms with Crippen molar-refractivity contribution < 1.29 is 17.9 Å². The molecule has 3 aromatic rings. The Morgan fingerprint density at radius 3 is 2.68 bits per heavy atom. The molecule has 2 N–H and O–H groups in total. The van der Waals surface area contributed by atoms with Crippen LogP contribution >= 0.6 is 0 Å². The quantitative estimate of drug-likeness (QED) is 0.451. The number of sulfonamides is 1. The van der Waals surface area contributed by atoms with E-state index in [0.717, 1.165) is 43.2 Å². The highest BCUT2D eigenvalue weighted by molar-refractivity contribution is 7.92. The van der Waals surface area contributed by atoms with E-state index in [2.05, 4.69) is 32.2 Å². The molecule has 0 saturated heterocycles. The Kier molecular flexibility index (Phi) is 9.03. The Bertz CT molecular complexity index is 1360. The van der Waals surface area contributed by atoms with E-state index >= 15 is 0 Å². The molecule has 1 aromatic heterocycles. The molecule has 2 aromatic carbocycles. The lowest BCUT2D eigenvalue weighted by Gasteiger charge is -2.18. The number of aromatic nitrogens is 2. The van der Waals surface area contributed by atoms with Crippen molar-refractivity contribution in [1.82, 2.24) is 15.3 Å². The summed E-state index contributed by atoms with van der Waals surface area (Å²) < 4.78 is 34.7. The van der Waals surface area contributed by atoms with Crippen LogP contribution in [0.3, 0.4) is 0 Å². The van der Waals surface area contributed by atoms with Gasteiger partial charge >= 0.3 is 0 Å². The van der Waals surface area contributed by atoms with E-state index in [9.17, 15) is 13.2 Å². The summed E-state index contributed by atoms with van der Waals surface area (Å²) in [5.74, 6) is 0.167. The van der Waals surface area contributed by atoms with Gasteiger partial charge in [0.2, 0.25) is 11.8 Å². The van der Waals surface area contributed by atoms with Gasteiger partial charge in [0, 0.05) is 23.2 Å². The number of nitrogens with one attached hydrogen (secondary N) is 2. The second kappa shape index (κ2) is 12.6. The predicted molar refractivity (Wildman–Crippen MR) is 145 cm³/mol. The van der Waals surface area contributed by atoms with Crippen LogP contribution in [-0.4, -0.2) is 44.4 Å². The van der Waals surface area contributed by atoms with Crippen LogP contribution in [0, 0.1) is 0 Å². The number of anilines is 1. The van der Waals surface area contributed by atoms with Crippen LogP contribution in [0.1, 0.15) is 54.4 Å².